The quantitative estimate of drug-likeness (QED) is 0.893. The number of nitrogens with two attached hydrogens (primary N) is 1. The molecule has 3 N–H and O–H groups in total. The molecule has 0 bridgehead atoms. The molecule has 25 heavy (non-hydrogen) atoms. The van der Waals surface area contributed by atoms with Crippen molar-refractivity contribution in [3.63, 3.8) is 0 Å². The number of anilines is 1. The Balaban J connectivity index is 1.52. The molecule has 0 unspecified atom stereocenters. The number of hydrogen-bond acceptors (Lipinski definition) is 5. The van der Waals surface area contributed by atoms with Gasteiger partial charge in [-0.25, -0.2) is 4.98 Å². The topological polar surface area (TPSA) is 78.0 Å². The van der Waals surface area contributed by atoms with Crippen LogP contribution in [0.5, 0.6) is 5.75 Å². The Hall–Kier alpha value is -2.08. The van der Waals surface area contributed by atoms with E-state index >= 15 is 0 Å². The molecular formula is C19H27N5O. The molecule has 0 atom stereocenters. The second kappa shape index (κ2) is 7.44. The van der Waals surface area contributed by atoms with E-state index in [0.717, 1.165) is 49.9 Å². The van der Waals surface area contributed by atoms with E-state index in [1.54, 1.807) is 0 Å². The van der Waals surface area contributed by atoms with Gasteiger partial charge in [0.15, 0.2) is 11.6 Å². The predicted molar refractivity (Wildman–Crippen MR) is 98.5 cm³/mol. The van der Waals surface area contributed by atoms with E-state index in [1.165, 1.54) is 19.3 Å². The molecule has 1 saturated heterocycles. The zero-order chi connectivity index (χ0) is 17.1. The molecular weight excluding hydrogens is 314 g/mol. The molecule has 0 amide bonds. The van der Waals surface area contributed by atoms with E-state index in [9.17, 15) is 0 Å². The minimum Gasteiger partial charge on any atom is -0.487 e. The minimum absolute atomic E-state index is 0.269. The summed E-state index contributed by atoms with van der Waals surface area (Å²) in [6.07, 6.45) is 14.4. The van der Waals surface area contributed by atoms with Gasteiger partial charge in [-0.15, -0.1) is 0 Å². The van der Waals surface area contributed by atoms with Gasteiger partial charge in [0.25, 0.3) is 0 Å². The van der Waals surface area contributed by atoms with Crippen LogP contribution in [-0.2, 0) is 0 Å². The van der Waals surface area contributed by atoms with Crippen molar-refractivity contribution in [3.05, 3.63) is 24.7 Å². The predicted octanol–water partition coefficient (Wildman–Crippen LogP) is 3.16. The van der Waals surface area contributed by atoms with E-state index in [0.29, 0.717) is 17.6 Å². The molecule has 3 heterocycles. The van der Waals surface area contributed by atoms with Crippen molar-refractivity contribution in [2.24, 2.45) is 0 Å². The molecule has 1 aliphatic heterocycles. The monoisotopic (exact) mass is 341 g/mol. The first-order valence-corrected chi connectivity index (χ1v) is 9.47. The van der Waals surface area contributed by atoms with Crippen LogP contribution in [0, 0.1) is 0 Å². The van der Waals surface area contributed by atoms with Crippen LogP contribution >= 0.6 is 0 Å². The fourth-order valence-corrected chi connectivity index (χ4v) is 3.83. The Morgan fingerprint density at radius 2 is 1.84 bits per heavy atom. The second-order valence-electron chi connectivity index (χ2n) is 7.18. The molecule has 6 heteroatoms. The number of piperidine rings is 1. The van der Waals surface area contributed by atoms with Crippen molar-refractivity contribution in [2.75, 3.05) is 18.8 Å². The third-order valence-electron chi connectivity index (χ3n) is 5.35. The maximum absolute atomic E-state index is 6.15. The van der Waals surface area contributed by atoms with Crippen molar-refractivity contribution in [2.45, 2.75) is 57.1 Å². The number of pyridine rings is 1. The molecule has 2 aliphatic rings. The van der Waals surface area contributed by atoms with Crippen LogP contribution in [0.2, 0.25) is 0 Å². The normalized spacial score (nSPS) is 19.8. The number of nitrogens with zero attached hydrogens (tertiary/aromatic N) is 3. The molecule has 0 spiro atoms. The minimum atomic E-state index is 0.269. The summed E-state index contributed by atoms with van der Waals surface area (Å²) >= 11 is 0. The summed E-state index contributed by atoms with van der Waals surface area (Å²) in [4.78, 5) is 4.35. The van der Waals surface area contributed by atoms with Crippen molar-refractivity contribution < 1.29 is 4.74 Å². The Labute approximate surface area is 148 Å². The Kier molecular flexibility index (Phi) is 4.88. The number of ether oxygens (including phenoxy) is 1. The number of rotatable bonds is 4. The maximum atomic E-state index is 6.15. The molecule has 1 saturated carbocycles. The summed E-state index contributed by atoms with van der Waals surface area (Å²) in [7, 11) is 0. The summed E-state index contributed by atoms with van der Waals surface area (Å²) in [6.45, 7) is 2.12. The maximum Gasteiger partial charge on any atom is 0.166 e. The van der Waals surface area contributed by atoms with Gasteiger partial charge in [0.05, 0.1) is 18.3 Å². The Morgan fingerprint density at radius 1 is 1.04 bits per heavy atom. The summed E-state index contributed by atoms with van der Waals surface area (Å²) < 4.78 is 8.24. The van der Waals surface area contributed by atoms with Crippen LogP contribution < -0.4 is 15.8 Å². The lowest BCUT2D eigenvalue weighted by molar-refractivity contribution is 0.155. The number of nitrogens with one attached hydrogen (secondary N) is 1. The summed E-state index contributed by atoms with van der Waals surface area (Å²) in [5.41, 5.74) is 8.13. The van der Waals surface area contributed by atoms with E-state index in [2.05, 4.69) is 26.3 Å². The first-order chi connectivity index (χ1) is 12.3. The molecule has 1 aliphatic carbocycles. The summed E-state index contributed by atoms with van der Waals surface area (Å²) in [6, 6.07) is 2.50. The van der Waals surface area contributed by atoms with Crippen molar-refractivity contribution >= 4 is 5.82 Å². The average Bonchev–Trinajstić information content (AvgIpc) is 3.15. The fourth-order valence-electron chi connectivity index (χ4n) is 3.83. The first-order valence-electron chi connectivity index (χ1n) is 9.47. The van der Waals surface area contributed by atoms with Gasteiger partial charge in [0.1, 0.15) is 0 Å². The van der Waals surface area contributed by atoms with E-state index in [-0.39, 0.29) is 6.10 Å². The molecule has 2 aromatic heterocycles. The van der Waals surface area contributed by atoms with Gasteiger partial charge < -0.3 is 15.8 Å². The lowest BCUT2D eigenvalue weighted by Crippen LogP contribution is -2.29. The zero-order valence-corrected chi connectivity index (χ0v) is 14.7. The highest BCUT2D eigenvalue weighted by Crippen LogP contribution is 2.31. The lowest BCUT2D eigenvalue weighted by atomic mass is 9.98. The van der Waals surface area contributed by atoms with Crippen LogP contribution in [0.1, 0.15) is 51.0 Å². The van der Waals surface area contributed by atoms with Crippen LogP contribution in [0.15, 0.2) is 24.7 Å². The highest BCUT2D eigenvalue weighted by molar-refractivity contribution is 5.65. The zero-order valence-electron chi connectivity index (χ0n) is 14.7. The van der Waals surface area contributed by atoms with Crippen molar-refractivity contribution in [3.8, 4) is 16.9 Å². The summed E-state index contributed by atoms with van der Waals surface area (Å²) in [5, 5.41) is 7.97. The van der Waals surface area contributed by atoms with Crippen LogP contribution in [0.3, 0.4) is 0 Å². The largest absolute Gasteiger partial charge is 0.487 e. The van der Waals surface area contributed by atoms with Crippen LogP contribution in [0.25, 0.3) is 11.1 Å². The third-order valence-corrected chi connectivity index (χ3v) is 5.35. The third kappa shape index (κ3) is 3.79. The van der Waals surface area contributed by atoms with Gasteiger partial charge in [-0.2, -0.15) is 5.10 Å². The smallest absolute Gasteiger partial charge is 0.166 e. The fraction of sp³-hybridized carbons (Fsp3) is 0.579. The molecule has 0 aromatic carbocycles. The van der Waals surface area contributed by atoms with Gasteiger partial charge in [0.2, 0.25) is 0 Å². The van der Waals surface area contributed by atoms with Gasteiger partial charge in [-0.3, -0.25) is 4.68 Å². The van der Waals surface area contributed by atoms with Crippen LogP contribution in [0.4, 0.5) is 5.82 Å². The van der Waals surface area contributed by atoms with Gasteiger partial charge in [0, 0.05) is 23.5 Å². The Bertz CT molecular complexity index is 702. The second-order valence-corrected chi connectivity index (χ2v) is 7.18. The molecule has 2 aromatic rings. The van der Waals surface area contributed by atoms with Gasteiger partial charge in [-0.05, 0) is 57.7 Å². The molecule has 134 valence electrons. The van der Waals surface area contributed by atoms with E-state index < -0.39 is 0 Å². The highest BCUT2D eigenvalue weighted by atomic mass is 16.5. The average molecular weight is 341 g/mol. The van der Waals surface area contributed by atoms with Gasteiger partial charge >= 0.3 is 0 Å². The molecule has 0 radical (unpaired) electrons. The van der Waals surface area contributed by atoms with E-state index in [4.69, 9.17) is 10.5 Å². The molecule has 6 nitrogen and oxygen atoms in total. The SMILES string of the molecule is Nc1ncc(-c2cnn(C3CCNCC3)c2)cc1OC1CCCCC1. The van der Waals surface area contributed by atoms with E-state index in [1.807, 2.05) is 18.5 Å². The lowest BCUT2D eigenvalue weighted by Gasteiger charge is -2.23. The molecule has 4 rings (SSSR count). The number of hydrogen-bond donors (Lipinski definition) is 2. The number of nitrogen functional groups attached to an aromatic ring is 1. The Morgan fingerprint density at radius 3 is 2.64 bits per heavy atom. The van der Waals surface area contributed by atoms with Crippen LogP contribution in [-0.4, -0.2) is 34.0 Å². The van der Waals surface area contributed by atoms with Gasteiger partial charge in [-0.1, -0.05) is 6.42 Å². The van der Waals surface area contributed by atoms with Crippen molar-refractivity contribution in [1.29, 1.82) is 0 Å². The highest BCUT2D eigenvalue weighted by Gasteiger charge is 2.19. The molecule has 2 fully saturated rings. The van der Waals surface area contributed by atoms with Crippen molar-refractivity contribution in [1.82, 2.24) is 20.1 Å². The standard InChI is InChI=1S/C19H27N5O/c20-19-18(25-17-4-2-1-3-5-17)10-14(11-22-19)15-12-23-24(13-15)16-6-8-21-9-7-16/h10-13,16-17,21H,1-9H2,(H2,20,22). The summed E-state index contributed by atoms with van der Waals surface area (Å²) in [5.74, 6) is 1.18. The first kappa shape index (κ1) is 16.4. The number of aromatic nitrogens is 3.